The molecule has 7 heteroatoms. The molecule has 0 bridgehead atoms. The van der Waals surface area contributed by atoms with Gasteiger partial charge in [-0.3, -0.25) is 4.98 Å². The fourth-order valence-electron chi connectivity index (χ4n) is 3.65. The summed E-state index contributed by atoms with van der Waals surface area (Å²) in [5.41, 5.74) is 4.02. The monoisotopic (exact) mass is 388 g/mol. The summed E-state index contributed by atoms with van der Waals surface area (Å²) < 4.78 is 27.9. The Morgan fingerprint density at radius 3 is 2.61 bits per heavy atom. The number of aromatic amines is 1. The summed E-state index contributed by atoms with van der Waals surface area (Å²) in [5.74, 6) is 0. The lowest BCUT2D eigenvalue weighted by atomic mass is 10.0. The van der Waals surface area contributed by atoms with Gasteiger partial charge in [-0.2, -0.15) is 0 Å². The number of aryl methyl sites for hydroxylation is 1. The number of nitrogens with one attached hydrogen (secondary N) is 1. The molecule has 138 valence electrons. The van der Waals surface area contributed by atoms with Crippen LogP contribution in [0.1, 0.15) is 5.69 Å². The van der Waals surface area contributed by atoms with Crippen molar-refractivity contribution in [3.8, 4) is 11.1 Å². The highest BCUT2D eigenvalue weighted by Crippen LogP contribution is 2.38. The Bertz CT molecular complexity index is 1430. The van der Waals surface area contributed by atoms with E-state index < -0.39 is 10.0 Å². The quantitative estimate of drug-likeness (QED) is 0.504. The molecular weight excluding hydrogens is 372 g/mol. The first-order valence-corrected chi connectivity index (χ1v) is 10.2. The summed E-state index contributed by atoms with van der Waals surface area (Å²) in [7, 11) is -3.75. The first-order chi connectivity index (χ1) is 13.6. The summed E-state index contributed by atoms with van der Waals surface area (Å²) in [5, 5.41) is 1.77. The number of hydrogen-bond donors (Lipinski definition) is 1. The fourth-order valence-corrected chi connectivity index (χ4v) is 5.02. The van der Waals surface area contributed by atoms with E-state index in [0.29, 0.717) is 5.52 Å². The van der Waals surface area contributed by atoms with Crippen LogP contribution in [0.25, 0.3) is 33.1 Å². The predicted molar refractivity (Wildman–Crippen MR) is 109 cm³/mol. The van der Waals surface area contributed by atoms with Crippen LogP contribution in [0.2, 0.25) is 0 Å². The van der Waals surface area contributed by atoms with Gasteiger partial charge in [-0.1, -0.05) is 18.2 Å². The lowest BCUT2D eigenvalue weighted by Crippen LogP contribution is -2.11. The van der Waals surface area contributed by atoms with Crippen LogP contribution < -0.4 is 0 Å². The van der Waals surface area contributed by atoms with Gasteiger partial charge in [0.15, 0.2) is 0 Å². The number of pyridine rings is 2. The second kappa shape index (κ2) is 6.03. The Morgan fingerprint density at radius 1 is 0.964 bits per heavy atom. The molecule has 0 atom stereocenters. The molecule has 0 aliphatic heterocycles. The Labute approximate surface area is 161 Å². The van der Waals surface area contributed by atoms with E-state index >= 15 is 0 Å². The van der Waals surface area contributed by atoms with Crippen LogP contribution in [0, 0.1) is 6.92 Å². The number of aromatic nitrogens is 4. The average molecular weight is 388 g/mol. The van der Waals surface area contributed by atoms with Crippen molar-refractivity contribution in [3.05, 3.63) is 79.0 Å². The maximum Gasteiger partial charge on any atom is 0.268 e. The summed E-state index contributed by atoms with van der Waals surface area (Å²) in [6, 6.07) is 14.1. The van der Waals surface area contributed by atoms with E-state index in [2.05, 4.69) is 15.0 Å². The van der Waals surface area contributed by atoms with Gasteiger partial charge in [0.1, 0.15) is 5.65 Å². The van der Waals surface area contributed by atoms with E-state index in [1.54, 1.807) is 55.1 Å². The smallest absolute Gasteiger partial charge is 0.268 e. The lowest BCUT2D eigenvalue weighted by Gasteiger charge is -2.06. The second-order valence-corrected chi connectivity index (χ2v) is 8.39. The van der Waals surface area contributed by atoms with Crippen LogP contribution >= 0.6 is 0 Å². The van der Waals surface area contributed by atoms with Crippen molar-refractivity contribution in [1.29, 1.82) is 0 Å². The molecule has 28 heavy (non-hydrogen) atoms. The number of nitrogens with zero attached hydrogens (tertiary/aromatic N) is 3. The molecule has 0 unspecified atom stereocenters. The Balaban J connectivity index is 1.85. The van der Waals surface area contributed by atoms with Crippen LogP contribution in [0.5, 0.6) is 0 Å². The number of fused-ring (bicyclic) bond motifs is 2. The molecule has 0 aliphatic rings. The summed E-state index contributed by atoms with van der Waals surface area (Å²) >= 11 is 0. The van der Waals surface area contributed by atoms with Crippen molar-refractivity contribution in [2.75, 3.05) is 0 Å². The number of rotatable bonds is 3. The largest absolute Gasteiger partial charge is 0.343 e. The zero-order valence-electron chi connectivity index (χ0n) is 15.0. The molecule has 4 aromatic heterocycles. The van der Waals surface area contributed by atoms with E-state index in [1.807, 2.05) is 25.1 Å². The Kier molecular flexibility index (Phi) is 3.60. The minimum atomic E-state index is -3.75. The molecule has 0 saturated carbocycles. The van der Waals surface area contributed by atoms with E-state index in [1.165, 1.54) is 3.97 Å². The van der Waals surface area contributed by atoms with Gasteiger partial charge in [0, 0.05) is 46.2 Å². The molecule has 6 nitrogen and oxygen atoms in total. The highest BCUT2D eigenvalue weighted by molar-refractivity contribution is 7.90. The molecule has 0 spiro atoms. The lowest BCUT2D eigenvalue weighted by molar-refractivity contribution is 0.589. The van der Waals surface area contributed by atoms with Crippen molar-refractivity contribution in [1.82, 2.24) is 18.9 Å². The van der Waals surface area contributed by atoms with Crippen molar-refractivity contribution in [2.24, 2.45) is 0 Å². The second-order valence-electron chi connectivity index (χ2n) is 6.57. The third-order valence-electron chi connectivity index (χ3n) is 4.90. The zero-order valence-corrected chi connectivity index (χ0v) is 15.8. The van der Waals surface area contributed by atoms with Gasteiger partial charge in [0.2, 0.25) is 0 Å². The molecule has 0 amide bonds. The van der Waals surface area contributed by atoms with E-state index in [0.717, 1.165) is 33.2 Å². The minimum absolute atomic E-state index is 0.236. The first-order valence-electron chi connectivity index (χ1n) is 8.77. The number of H-pyrrole nitrogens is 1. The fraction of sp³-hybridized carbons (Fsp3) is 0.0476. The third-order valence-corrected chi connectivity index (χ3v) is 6.59. The zero-order chi connectivity index (χ0) is 19.3. The van der Waals surface area contributed by atoms with Gasteiger partial charge in [-0.15, -0.1) is 0 Å². The summed E-state index contributed by atoms with van der Waals surface area (Å²) in [4.78, 5) is 12.1. The molecule has 0 fully saturated rings. The summed E-state index contributed by atoms with van der Waals surface area (Å²) in [6.45, 7) is 1.97. The molecule has 0 saturated heterocycles. The molecule has 1 N–H and O–H groups in total. The SMILES string of the molecule is Cc1[nH]c2ncccc2c1-c1cn(S(=O)(=O)c2ccccc2)c2cnccc12. The van der Waals surface area contributed by atoms with Crippen LogP contribution in [0.15, 0.2) is 78.2 Å². The van der Waals surface area contributed by atoms with Crippen LogP contribution in [-0.4, -0.2) is 27.3 Å². The standard InChI is InChI=1S/C21H16N4O2S/c1-14-20(17-8-5-10-23-21(17)24-14)18-13-25(19-12-22-11-9-16(18)19)28(26,27)15-6-3-2-4-7-15/h2-13H,1H3,(H,23,24). The molecule has 4 heterocycles. The topological polar surface area (TPSA) is 80.6 Å². The van der Waals surface area contributed by atoms with E-state index in [-0.39, 0.29) is 4.90 Å². The first kappa shape index (κ1) is 16.7. The van der Waals surface area contributed by atoms with Gasteiger partial charge in [0.05, 0.1) is 16.6 Å². The van der Waals surface area contributed by atoms with Crippen LogP contribution in [-0.2, 0) is 10.0 Å². The van der Waals surface area contributed by atoms with Crippen molar-refractivity contribution in [2.45, 2.75) is 11.8 Å². The maximum atomic E-state index is 13.3. The Morgan fingerprint density at radius 2 is 1.79 bits per heavy atom. The van der Waals surface area contributed by atoms with Gasteiger partial charge < -0.3 is 4.98 Å². The third kappa shape index (κ3) is 2.36. The molecular formula is C21H16N4O2S. The molecule has 0 radical (unpaired) electrons. The molecule has 5 rings (SSSR count). The van der Waals surface area contributed by atoms with Crippen molar-refractivity contribution >= 4 is 32.0 Å². The molecule has 5 aromatic rings. The normalized spacial score (nSPS) is 12.0. The van der Waals surface area contributed by atoms with Gasteiger partial charge in [-0.05, 0) is 37.3 Å². The highest BCUT2D eigenvalue weighted by Gasteiger charge is 2.23. The maximum absolute atomic E-state index is 13.3. The van der Waals surface area contributed by atoms with Gasteiger partial charge in [0.25, 0.3) is 10.0 Å². The van der Waals surface area contributed by atoms with Gasteiger partial charge >= 0.3 is 0 Å². The number of hydrogen-bond acceptors (Lipinski definition) is 4. The molecule has 1 aromatic carbocycles. The Hall–Kier alpha value is -3.45. The predicted octanol–water partition coefficient (Wildman–Crippen LogP) is 4.13. The van der Waals surface area contributed by atoms with Crippen LogP contribution in [0.3, 0.4) is 0 Å². The van der Waals surface area contributed by atoms with Gasteiger partial charge in [-0.25, -0.2) is 17.4 Å². The van der Waals surface area contributed by atoms with Crippen LogP contribution in [0.4, 0.5) is 0 Å². The highest BCUT2D eigenvalue weighted by atomic mass is 32.2. The van der Waals surface area contributed by atoms with E-state index in [4.69, 9.17) is 0 Å². The van der Waals surface area contributed by atoms with Crippen molar-refractivity contribution < 1.29 is 8.42 Å². The van der Waals surface area contributed by atoms with Crippen molar-refractivity contribution in [3.63, 3.8) is 0 Å². The summed E-state index contributed by atoms with van der Waals surface area (Å²) in [6.07, 6.45) is 6.67. The minimum Gasteiger partial charge on any atom is -0.343 e. The average Bonchev–Trinajstić information content (AvgIpc) is 3.26. The number of benzene rings is 1. The van der Waals surface area contributed by atoms with E-state index in [9.17, 15) is 8.42 Å². The molecule has 0 aliphatic carbocycles.